The van der Waals surface area contributed by atoms with E-state index in [1.807, 2.05) is 0 Å². The number of benzene rings is 9. The van der Waals surface area contributed by atoms with Crippen molar-refractivity contribution in [1.29, 1.82) is 0 Å². The van der Waals surface area contributed by atoms with Gasteiger partial charge in [-0.05, 0) is 77.9 Å². The molecule has 0 radical (unpaired) electrons. The zero-order chi connectivity index (χ0) is 32.3. The van der Waals surface area contributed by atoms with Gasteiger partial charge in [-0.25, -0.2) is 0 Å². The van der Waals surface area contributed by atoms with Gasteiger partial charge in [0.1, 0.15) is 11.5 Å². The van der Waals surface area contributed by atoms with Crippen LogP contribution in [0.2, 0.25) is 0 Å². The van der Waals surface area contributed by atoms with E-state index in [2.05, 4.69) is 170 Å². The summed E-state index contributed by atoms with van der Waals surface area (Å²) in [5.41, 5.74) is 5.02. The smallest absolute Gasteiger partial charge is 0.143 e. The van der Waals surface area contributed by atoms with Crippen LogP contribution in [0.3, 0.4) is 0 Å². The normalized spacial score (nSPS) is 12.7. The third kappa shape index (κ3) is 4.33. The Kier molecular flexibility index (Phi) is 6.38. The molecule has 0 atom stereocenters. The second-order valence-corrected chi connectivity index (χ2v) is 13.0. The van der Waals surface area contributed by atoms with Crippen molar-refractivity contribution >= 4 is 66.0 Å². The molecule has 1 aliphatic carbocycles. The molecule has 0 amide bonds. The van der Waals surface area contributed by atoms with Gasteiger partial charge in [0.05, 0.1) is 0 Å². The van der Waals surface area contributed by atoms with Crippen LogP contribution in [-0.4, -0.2) is 0 Å². The molecule has 1 aliphatic rings. The Labute approximate surface area is 284 Å². The summed E-state index contributed by atoms with van der Waals surface area (Å²) in [7, 11) is 0. The molecule has 0 aliphatic heterocycles. The van der Waals surface area contributed by atoms with Crippen LogP contribution in [-0.2, 0) is 0 Å². The first-order valence-corrected chi connectivity index (χ1v) is 17.2. The molecule has 0 bridgehead atoms. The molecule has 0 heterocycles. The minimum absolute atomic E-state index is 0.887. The highest BCUT2D eigenvalue weighted by Crippen LogP contribution is 2.49. The minimum Gasteiger partial charge on any atom is -0.455 e. The van der Waals surface area contributed by atoms with Crippen molar-refractivity contribution in [2.45, 2.75) is 12.8 Å². The van der Waals surface area contributed by atoms with Crippen LogP contribution in [0.4, 0.5) is 0 Å². The lowest BCUT2D eigenvalue weighted by molar-refractivity contribution is 0.505. The fourth-order valence-electron chi connectivity index (χ4n) is 8.20. The molecule has 9 aromatic rings. The number of hydrogen-bond donors (Lipinski definition) is 0. The van der Waals surface area contributed by atoms with Crippen LogP contribution in [0.15, 0.2) is 158 Å². The number of fused-ring (bicyclic) bond motifs is 6. The van der Waals surface area contributed by atoms with Gasteiger partial charge in [0, 0.05) is 21.5 Å². The average Bonchev–Trinajstić information content (AvgIpc) is 3.17. The van der Waals surface area contributed by atoms with E-state index in [9.17, 15) is 0 Å². The topological polar surface area (TPSA) is 9.23 Å². The third-order valence-corrected chi connectivity index (χ3v) is 10.3. The molecule has 10 rings (SSSR count). The standard InChI is InChI=1S/C48H32O/c1-3-19-33-31(15-1)17-13-29-35(33)45-37-21-5-9-25-41(37)47(42-26-10-6-22-38(42)45)49-48-43-27-11-7-23-39(43)46(40-24-8-12-28-44(40)48)36-30-14-18-32-16-2-4-20-34(32)36/h1,3,5-30H,2,4H2. The zero-order valence-electron chi connectivity index (χ0n) is 27.0. The number of ether oxygens (including phenoxy) is 1. The Morgan fingerprint density at radius 2 is 0.735 bits per heavy atom. The van der Waals surface area contributed by atoms with Crippen molar-refractivity contribution in [3.8, 4) is 33.8 Å². The Hall–Kier alpha value is -6.18. The van der Waals surface area contributed by atoms with Crippen molar-refractivity contribution in [3.63, 3.8) is 0 Å². The van der Waals surface area contributed by atoms with Crippen LogP contribution >= 0.6 is 0 Å². The molecular formula is C48H32O. The lowest BCUT2D eigenvalue weighted by Gasteiger charge is -2.21. The van der Waals surface area contributed by atoms with Gasteiger partial charge in [0.25, 0.3) is 0 Å². The van der Waals surface area contributed by atoms with Gasteiger partial charge >= 0.3 is 0 Å². The molecule has 0 N–H and O–H groups in total. The van der Waals surface area contributed by atoms with Gasteiger partial charge in [-0.3, -0.25) is 0 Å². The largest absolute Gasteiger partial charge is 0.455 e. The molecule has 1 heteroatoms. The van der Waals surface area contributed by atoms with E-state index in [0.717, 1.165) is 45.9 Å². The van der Waals surface area contributed by atoms with Gasteiger partial charge in [-0.15, -0.1) is 0 Å². The second kappa shape index (κ2) is 11.2. The van der Waals surface area contributed by atoms with Gasteiger partial charge in [0.15, 0.2) is 0 Å². The predicted octanol–water partition coefficient (Wildman–Crippen LogP) is 11.9. The van der Waals surface area contributed by atoms with E-state index in [4.69, 9.17) is 4.74 Å². The highest BCUT2D eigenvalue weighted by atomic mass is 16.5. The maximum absolute atomic E-state index is 7.40. The van der Waals surface area contributed by atoms with E-state index in [1.165, 1.54) is 65.0 Å². The van der Waals surface area contributed by atoms with Crippen LogP contribution in [0.25, 0.3) is 88.3 Å². The first-order chi connectivity index (χ1) is 24.3. The first-order valence-electron chi connectivity index (χ1n) is 17.2. The summed E-state index contributed by atoms with van der Waals surface area (Å²) in [6, 6.07) is 57.0. The summed E-state index contributed by atoms with van der Waals surface area (Å²) < 4.78 is 7.40. The van der Waals surface area contributed by atoms with E-state index in [-0.39, 0.29) is 0 Å². The molecule has 0 saturated heterocycles. The molecule has 9 aromatic carbocycles. The lowest BCUT2D eigenvalue weighted by Crippen LogP contribution is -2.28. The predicted molar refractivity (Wildman–Crippen MR) is 209 cm³/mol. The fraction of sp³-hybridized carbons (Fsp3) is 0.0417. The van der Waals surface area contributed by atoms with Crippen LogP contribution in [0.1, 0.15) is 12.8 Å². The Morgan fingerprint density at radius 1 is 0.327 bits per heavy atom. The summed E-state index contributed by atoms with van der Waals surface area (Å²) in [4.78, 5) is 0. The summed E-state index contributed by atoms with van der Waals surface area (Å²) >= 11 is 0. The van der Waals surface area contributed by atoms with E-state index in [0.29, 0.717) is 0 Å². The van der Waals surface area contributed by atoms with Gasteiger partial charge in [-0.2, -0.15) is 0 Å². The highest BCUT2D eigenvalue weighted by molar-refractivity contribution is 6.21. The lowest BCUT2D eigenvalue weighted by atomic mass is 9.88. The average molecular weight is 625 g/mol. The van der Waals surface area contributed by atoms with Crippen molar-refractivity contribution in [2.24, 2.45) is 0 Å². The third-order valence-electron chi connectivity index (χ3n) is 10.3. The van der Waals surface area contributed by atoms with E-state index in [1.54, 1.807) is 0 Å². The molecule has 1 nitrogen and oxygen atoms in total. The minimum atomic E-state index is 0.887. The Bertz CT molecular complexity index is 2790. The SMILES string of the molecule is C1=c2cccc(-c3c4ccccc4c(Oc4c5ccccc5c(-c5cccc6ccccc56)c5ccccc45)c4ccccc34)c2=CCC1. The molecule has 0 spiro atoms. The van der Waals surface area contributed by atoms with Crippen molar-refractivity contribution in [2.75, 3.05) is 0 Å². The summed E-state index contributed by atoms with van der Waals surface area (Å²) in [6.45, 7) is 0. The maximum atomic E-state index is 7.40. The Balaban J connectivity index is 1.29. The number of rotatable bonds is 4. The number of hydrogen-bond acceptors (Lipinski definition) is 1. The van der Waals surface area contributed by atoms with Gasteiger partial charge < -0.3 is 4.74 Å². The molecular weight excluding hydrogens is 593 g/mol. The molecule has 230 valence electrons. The first kappa shape index (κ1) is 27.9. The van der Waals surface area contributed by atoms with Crippen molar-refractivity contribution in [1.82, 2.24) is 0 Å². The molecule has 0 fully saturated rings. The summed E-state index contributed by atoms with van der Waals surface area (Å²) in [5, 5.41) is 14.3. The zero-order valence-corrected chi connectivity index (χ0v) is 27.0. The molecule has 0 unspecified atom stereocenters. The van der Waals surface area contributed by atoms with Crippen LogP contribution in [0.5, 0.6) is 11.5 Å². The molecule has 0 saturated carbocycles. The van der Waals surface area contributed by atoms with Crippen molar-refractivity contribution in [3.05, 3.63) is 168 Å². The quantitative estimate of drug-likeness (QED) is 0.177. The fourth-order valence-corrected chi connectivity index (χ4v) is 8.20. The van der Waals surface area contributed by atoms with E-state index < -0.39 is 0 Å². The van der Waals surface area contributed by atoms with Crippen LogP contribution in [0, 0.1) is 0 Å². The van der Waals surface area contributed by atoms with E-state index >= 15 is 0 Å². The highest BCUT2D eigenvalue weighted by Gasteiger charge is 2.22. The van der Waals surface area contributed by atoms with Crippen molar-refractivity contribution < 1.29 is 4.74 Å². The second-order valence-electron chi connectivity index (χ2n) is 13.0. The maximum Gasteiger partial charge on any atom is 0.143 e. The molecule has 49 heavy (non-hydrogen) atoms. The van der Waals surface area contributed by atoms with Gasteiger partial charge in [0.2, 0.25) is 0 Å². The van der Waals surface area contributed by atoms with Crippen LogP contribution < -0.4 is 15.2 Å². The molecule has 0 aromatic heterocycles. The summed E-state index contributed by atoms with van der Waals surface area (Å²) in [6.07, 6.45) is 6.94. The Morgan fingerprint density at radius 3 is 1.31 bits per heavy atom. The summed E-state index contributed by atoms with van der Waals surface area (Å²) in [5.74, 6) is 1.78. The monoisotopic (exact) mass is 624 g/mol. The van der Waals surface area contributed by atoms with Gasteiger partial charge in [-0.1, -0.05) is 170 Å².